The lowest BCUT2D eigenvalue weighted by molar-refractivity contribution is -0.132. The minimum atomic E-state index is -0.107. The molecular formula is C10H20ClN3O2. The van der Waals surface area contributed by atoms with Crippen LogP contribution in [0, 0.1) is 0 Å². The molecule has 1 unspecified atom stereocenters. The molecule has 0 aromatic rings. The van der Waals surface area contributed by atoms with Crippen molar-refractivity contribution in [1.29, 1.82) is 0 Å². The first kappa shape index (κ1) is 15.2. The van der Waals surface area contributed by atoms with Gasteiger partial charge in [-0.2, -0.15) is 0 Å². The smallest absolute Gasteiger partial charge is 0.241 e. The normalized spacial score (nSPS) is 18.8. The summed E-state index contributed by atoms with van der Waals surface area (Å²) in [7, 11) is 1.72. The maximum atomic E-state index is 11.5. The predicted octanol–water partition coefficient (Wildman–Crippen LogP) is -0.245. The van der Waals surface area contributed by atoms with E-state index in [1.807, 2.05) is 6.92 Å². The second-order valence-corrected chi connectivity index (χ2v) is 3.77. The summed E-state index contributed by atoms with van der Waals surface area (Å²) in [6.45, 7) is 3.55. The van der Waals surface area contributed by atoms with Crippen LogP contribution in [0.25, 0.3) is 0 Å². The van der Waals surface area contributed by atoms with Crippen molar-refractivity contribution in [2.24, 2.45) is 0 Å². The SMILES string of the molecule is CCN(C)C(=O)CNC(=O)C1CCCN1.Cl. The number of amides is 2. The van der Waals surface area contributed by atoms with Crippen molar-refractivity contribution in [3.05, 3.63) is 0 Å². The number of carbonyl (C=O) groups is 2. The van der Waals surface area contributed by atoms with Gasteiger partial charge in [-0.1, -0.05) is 0 Å². The zero-order chi connectivity index (χ0) is 11.3. The Bertz CT molecular complexity index is 242. The Morgan fingerprint density at radius 3 is 2.69 bits per heavy atom. The van der Waals surface area contributed by atoms with Gasteiger partial charge in [-0.25, -0.2) is 0 Å². The van der Waals surface area contributed by atoms with Gasteiger partial charge in [0, 0.05) is 13.6 Å². The second-order valence-electron chi connectivity index (χ2n) is 3.77. The quantitative estimate of drug-likeness (QED) is 0.723. The first-order valence-corrected chi connectivity index (χ1v) is 5.40. The van der Waals surface area contributed by atoms with Crippen LogP contribution in [0.5, 0.6) is 0 Å². The number of hydrogen-bond donors (Lipinski definition) is 2. The molecule has 0 aromatic heterocycles. The molecular weight excluding hydrogens is 230 g/mol. The van der Waals surface area contributed by atoms with E-state index < -0.39 is 0 Å². The molecule has 1 heterocycles. The van der Waals surface area contributed by atoms with Gasteiger partial charge in [-0.3, -0.25) is 9.59 Å². The number of hydrogen-bond acceptors (Lipinski definition) is 3. The van der Waals surface area contributed by atoms with Crippen LogP contribution in [0.1, 0.15) is 19.8 Å². The van der Waals surface area contributed by atoms with Gasteiger partial charge in [-0.15, -0.1) is 12.4 Å². The van der Waals surface area contributed by atoms with Crippen LogP contribution in [-0.2, 0) is 9.59 Å². The van der Waals surface area contributed by atoms with Crippen LogP contribution in [-0.4, -0.2) is 49.4 Å². The molecule has 1 aliphatic heterocycles. The second kappa shape index (κ2) is 7.46. The first-order valence-electron chi connectivity index (χ1n) is 5.40. The highest BCUT2D eigenvalue weighted by Gasteiger charge is 2.22. The van der Waals surface area contributed by atoms with Gasteiger partial charge < -0.3 is 15.5 Å². The number of nitrogens with zero attached hydrogens (tertiary/aromatic N) is 1. The first-order chi connectivity index (χ1) is 7.15. The van der Waals surface area contributed by atoms with Gasteiger partial charge in [0.25, 0.3) is 0 Å². The fraction of sp³-hybridized carbons (Fsp3) is 0.800. The standard InChI is InChI=1S/C10H19N3O2.ClH/c1-3-13(2)9(14)7-12-10(15)8-5-4-6-11-8;/h8,11H,3-7H2,1-2H3,(H,12,15);1H. The van der Waals surface area contributed by atoms with Crippen LogP contribution in [0.3, 0.4) is 0 Å². The van der Waals surface area contributed by atoms with Crippen molar-refractivity contribution in [3.63, 3.8) is 0 Å². The number of halogens is 1. The van der Waals surface area contributed by atoms with Crippen molar-refractivity contribution in [3.8, 4) is 0 Å². The lowest BCUT2D eigenvalue weighted by Crippen LogP contribution is -2.45. The zero-order valence-electron chi connectivity index (χ0n) is 9.78. The molecule has 1 rings (SSSR count). The average molecular weight is 250 g/mol. The van der Waals surface area contributed by atoms with E-state index in [4.69, 9.17) is 0 Å². The van der Waals surface area contributed by atoms with E-state index in [1.165, 1.54) is 0 Å². The van der Waals surface area contributed by atoms with E-state index >= 15 is 0 Å². The van der Waals surface area contributed by atoms with Crippen molar-refractivity contribution < 1.29 is 9.59 Å². The minimum absolute atomic E-state index is 0. The highest BCUT2D eigenvalue weighted by Crippen LogP contribution is 2.04. The molecule has 2 N–H and O–H groups in total. The maximum absolute atomic E-state index is 11.5. The van der Waals surface area contributed by atoms with Crippen molar-refractivity contribution in [1.82, 2.24) is 15.5 Å². The summed E-state index contributed by atoms with van der Waals surface area (Å²) in [5.41, 5.74) is 0. The molecule has 0 bridgehead atoms. The van der Waals surface area contributed by atoms with E-state index in [9.17, 15) is 9.59 Å². The zero-order valence-corrected chi connectivity index (χ0v) is 10.6. The lowest BCUT2D eigenvalue weighted by atomic mass is 10.2. The third-order valence-electron chi connectivity index (χ3n) is 2.69. The van der Waals surface area contributed by atoms with Crippen molar-refractivity contribution in [2.75, 3.05) is 26.7 Å². The van der Waals surface area contributed by atoms with Gasteiger partial charge in [0.1, 0.15) is 0 Å². The number of nitrogens with one attached hydrogen (secondary N) is 2. The average Bonchev–Trinajstić information content (AvgIpc) is 2.77. The van der Waals surface area contributed by atoms with Crippen LogP contribution in [0.2, 0.25) is 0 Å². The van der Waals surface area contributed by atoms with E-state index in [2.05, 4.69) is 10.6 Å². The minimum Gasteiger partial charge on any atom is -0.346 e. The number of likely N-dealkylation sites (N-methyl/N-ethyl adjacent to an activating group) is 1. The summed E-state index contributed by atoms with van der Waals surface area (Å²) < 4.78 is 0. The molecule has 0 saturated carbocycles. The maximum Gasteiger partial charge on any atom is 0.241 e. The van der Waals surface area contributed by atoms with Crippen LogP contribution in [0.15, 0.2) is 0 Å². The largest absolute Gasteiger partial charge is 0.346 e. The Kier molecular flexibility index (Phi) is 7.08. The number of carbonyl (C=O) groups excluding carboxylic acids is 2. The Hall–Kier alpha value is -0.810. The van der Waals surface area contributed by atoms with Gasteiger partial charge in [0.05, 0.1) is 12.6 Å². The summed E-state index contributed by atoms with van der Waals surface area (Å²) >= 11 is 0. The molecule has 1 saturated heterocycles. The Labute approximate surface area is 102 Å². The topological polar surface area (TPSA) is 61.4 Å². The van der Waals surface area contributed by atoms with Gasteiger partial charge in [0.2, 0.25) is 11.8 Å². The molecule has 0 spiro atoms. The van der Waals surface area contributed by atoms with Crippen LogP contribution >= 0.6 is 12.4 Å². The number of rotatable bonds is 4. The molecule has 2 amide bonds. The van der Waals surface area contributed by atoms with E-state index in [0.29, 0.717) is 6.54 Å². The molecule has 94 valence electrons. The fourth-order valence-corrected chi connectivity index (χ4v) is 1.51. The Balaban J connectivity index is 0.00000225. The molecule has 0 radical (unpaired) electrons. The molecule has 5 nitrogen and oxygen atoms in total. The summed E-state index contributed by atoms with van der Waals surface area (Å²) in [6, 6.07) is -0.107. The highest BCUT2D eigenvalue weighted by molar-refractivity contribution is 5.87. The van der Waals surface area contributed by atoms with Crippen molar-refractivity contribution >= 4 is 24.2 Å². The van der Waals surface area contributed by atoms with Crippen LogP contribution < -0.4 is 10.6 Å². The lowest BCUT2D eigenvalue weighted by Gasteiger charge is -2.16. The molecule has 0 aromatic carbocycles. The third-order valence-corrected chi connectivity index (χ3v) is 2.69. The Morgan fingerprint density at radius 1 is 1.50 bits per heavy atom. The fourth-order valence-electron chi connectivity index (χ4n) is 1.51. The van der Waals surface area contributed by atoms with E-state index in [0.717, 1.165) is 19.4 Å². The van der Waals surface area contributed by atoms with Gasteiger partial charge in [0.15, 0.2) is 0 Å². The predicted molar refractivity (Wildman–Crippen MR) is 64.6 cm³/mol. The van der Waals surface area contributed by atoms with Crippen LogP contribution in [0.4, 0.5) is 0 Å². The summed E-state index contributed by atoms with van der Waals surface area (Å²) in [5, 5.41) is 5.73. The Morgan fingerprint density at radius 2 is 2.19 bits per heavy atom. The molecule has 1 atom stereocenters. The molecule has 6 heteroatoms. The summed E-state index contributed by atoms with van der Waals surface area (Å²) in [5.74, 6) is -0.116. The van der Waals surface area contributed by atoms with Gasteiger partial charge in [-0.05, 0) is 26.3 Å². The molecule has 16 heavy (non-hydrogen) atoms. The monoisotopic (exact) mass is 249 g/mol. The summed E-state index contributed by atoms with van der Waals surface area (Å²) in [6.07, 6.45) is 1.89. The third kappa shape index (κ3) is 4.37. The highest BCUT2D eigenvalue weighted by atomic mass is 35.5. The molecule has 1 aliphatic rings. The van der Waals surface area contributed by atoms with Gasteiger partial charge >= 0.3 is 0 Å². The van der Waals surface area contributed by atoms with Crippen molar-refractivity contribution in [2.45, 2.75) is 25.8 Å². The molecule has 1 fully saturated rings. The van der Waals surface area contributed by atoms with E-state index in [-0.39, 0.29) is 36.8 Å². The summed E-state index contributed by atoms with van der Waals surface area (Å²) in [4.78, 5) is 24.5. The van der Waals surface area contributed by atoms with E-state index in [1.54, 1.807) is 11.9 Å². The molecule has 0 aliphatic carbocycles.